The van der Waals surface area contributed by atoms with Gasteiger partial charge in [0.25, 0.3) is 5.91 Å². The summed E-state index contributed by atoms with van der Waals surface area (Å²) in [5.74, 6) is -0.673. The van der Waals surface area contributed by atoms with Crippen LogP contribution >= 0.6 is 11.3 Å². The Morgan fingerprint density at radius 3 is 2.95 bits per heavy atom. The summed E-state index contributed by atoms with van der Waals surface area (Å²) in [7, 11) is 1.54. The second-order valence-corrected chi connectivity index (χ2v) is 5.07. The third-order valence-electron chi connectivity index (χ3n) is 3.06. The van der Waals surface area contributed by atoms with E-state index in [0.29, 0.717) is 23.0 Å². The van der Waals surface area contributed by atoms with Crippen molar-refractivity contribution in [2.24, 2.45) is 0 Å². The minimum atomic E-state index is -1.10. The lowest BCUT2D eigenvalue weighted by atomic mass is 10.1. The molecule has 1 aliphatic rings. The Bertz CT molecular complexity index is 710. The van der Waals surface area contributed by atoms with Crippen LogP contribution in [0.3, 0.4) is 0 Å². The van der Waals surface area contributed by atoms with E-state index in [4.69, 9.17) is 9.84 Å². The second-order valence-electron chi connectivity index (χ2n) is 4.23. The summed E-state index contributed by atoms with van der Waals surface area (Å²) in [6.45, 7) is 0.394. The molecule has 1 amide bonds. The SMILES string of the molecule is COc1ccc2c(c1)C(=O)N(c1nc(C(=O)O)cs1)C2. The first-order valence-electron chi connectivity index (χ1n) is 5.77. The first-order chi connectivity index (χ1) is 9.60. The van der Waals surface area contributed by atoms with Crippen molar-refractivity contribution in [2.45, 2.75) is 6.54 Å². The Labute approximate surface area is 118 Å². The predicted molar refractivity (Wildman–Crippen MR) is 72.6 cm³/mol. The summed E-state index contributed by atoms with van der Waals surface area (Å²) in [6, 6.07) is 5.31. The fourth-order valence-corrected chi connectivity index (χ4v) is 2.84. The van der Waals surface area contributed by atoms with Gasteiger partial charge < -0.3 is 9.84 Å². The van der Waals surface area contributed by atoms with Crippen LogP contribution in [0.5, 0.6) is 5.75 Å². The predicted octanol–water partition coefficient (Wildman–Crippen LogP) is 2.01. The summed E-state index contributed by atoms with van der Waals surface area (Å²) in [4.78, 5) is 28.6. The Morgan fingerprint density at radius 2 is 2.30 bits per heavy atom. The highest BCUT2D eigenvalue weighted by molar-refractivity contribution is 7.14. The highest BCUT2D eigenvalue weighted by atomic mass is 32.1. The molecule has 1 aromatic heterocycles. The van der Waals surface area contributed by atoms with Gasteiger partial charge in [-0.2, -0.15) is 0 Å². The molecular formula is C13H10N2O4S. The average Bonchev–Trinajstić information content (AvgIpc) is 3.04. The molecule has 6 nitrogen and oxygen atoms in total. The molecular weight excluding hydrogens is 280 g/mol. The smallest absolute Gasteiger partial charge is 0.355 e. The van der Waals surface area contributed by atoms with Crippen LogP contribution in [0.4, 0.5) is 5.13 Å². The van der Waals surface area contributed by atoms with Gasteiger partial charge in [-0.15, -0.1) is 11.3 Å². The number of aromatic carboxylic acids is 1. The van der Waals surface area contributed by atoms with Crippen LogP contribution in [0.2, 0.25) is 0 Å². The number of anilines is 1. The van der Waals surface area contributed by atoms with Crippen LogP contribution in [0, 0.1) is 0 Å². The third kappa shape index (κ3) is 1.92. The largest absolute Gasteiger partial charge is 0.497 e. The first-order valence-corrected chi connectivity index (χ1v) is 6.65. The van der Waals surface area contributed by atoms with Gasteiger partial charge in [-0.25, -0.2) is 9.78 Å². The molecule has 102 valence electrons. The number of nitrogens with zero attached hydrogens (tertiary/aromatic N) is 2. The number of carbonyl (C=O) groups excluding carboxylic acids is 1. The van der Waals surface area contributed by atoms with Crippen LogP contribution in [-0.4, -0.2) is 29.1 Å². The molecule has 1 N–H and O–H groups in total. The molecule has 0 aliphatic carbocycles. The molecule has 0 saturated heterocycles. The number of carboxylic acids is 1. The van der Waals surface area contributed by atoms with Crippen LogP contribution in [-0.2, 0) is 6.54 Å². The fourth-order valence-electron chi connectivity index (χ4n) is 2.05. The normalized spacial score (nSPS) is 13.4. The van der Waals surface area contributed by atoms with Crippen LogP contribution in [0.15, 0.2) is 23.6 Å². The quantitative estimate of drug-likeness (QED) is 0.935. The lowest BCUT2D eigenvalue weighted by Crippen LogP contribution is -2.23. The van der Waals surface area contributed by atoms with Gasteiger partial charge in [0.2, 0.25) is 0 Å². The van der Waals surface area contributed by atoms with E-state index in [1.807, 2.05) is 6.07 Å². The maximum atomic E-state index is 12.3. The molecule has 0 unspecified atom stereocenters. The van der Waals surface area contributed by atoms with Crippen molar-refractivity contribution >= 4 is 28.3 Å². The molecule has 2 heterocycles. The van der Waals surface area contributed by atoms with Crippen LogP contribution < -0.4 is 9.64 Å². The molecule has 7 heteroatoms. The molecule has 1 aliphatic heterocycles. The zero-order chi connectivity index (χ0) is 14.3. The monoisotopic (exact) mass is 290 g/mol. The molecule has 2 aromatic rings. The van der Waals surface area contributed by atoms with Gasteiger partial charge in [-0.05, 0) is 17.7 Å². The van der Waals surface area contributed by atoms with E-state index >= 15 is 0 Å². The van der Waals surface area contributed by atoms with Gasteiger partial charge in [-0.1, -0.05) is 6.07 Å². The van der Waals surface area contributed by atoms with Crippen molar-refractivity contribution in [1.82, 2.24) is 4.98 Å². The van der Waals surface area contributed by atoms with E-state index in [1.54, 1.807) is 19.2 Å². The molecule has 0 bridgehead atoms. The Morgan fingerprint density at radius 1 is 1.50 bits per heavy atom. The summed E-state index contributed by atoms with van der Waals surface area (Å²) in [5.41, 5.74) is 1.39. The van der Waals surface area contributed by atoms with Crippen molar-refractivity contribution in [3.63, 3.8) is 0 Å². The van der Waals surface area contributed by atoms with Gasteiger partial charge >= 0.3 is 5.97 Å². The average molecular weight is 290 g/mol. The molecule has 3 rings (SSSR count). The number of carboxylic acid groups (broad SMARTS) is 1. The van der Waals surface area contributed by atoms with Gasteiger partial charge in [0.15, 0.2) is 10.8 Å². The number of hydrogen-bond donors (Lipinski definition) is 1. The Balaban J connectivity index is 1.94. The number of hydrogen-bond acceptors (Lipinski definition) is 5. The third-order valence-corrected chi connectivity index (χ3v) is 3.93. The molecule has 0 fully saturated rings. The summed E-state index contributed by atoms with van der Waals surface area (Å²) < 4.78 is 5.10. The van der Waals surface area contributed by atoms with Crippen LogP contribution in [0.1, 0.15) is 26.4 Å². The lowest BCUT2D eigenvalue weighted by Gasteiger charge is -2.10. The van der Waals surface area contributed by atoms with Crippen LogP contribution in [0.25, 0.3) is 0 Å². The van der Waals surface area contributed by atoms with Crippen molar-refractivity contribution in [3.8, 4) is 5.75 Å². The molecule has 0 spiro atoms. The number of rotatable bonds is 3. The van der Waals surface area contributed by atoms with Gasteiger partial charge in [0.1, 0.15) is 5.75 Å². The van der Waals surface area contributed by atoms with E-state index in [2.05, 4.69) is 4.98 Å². The van der Waals surface area contributed by atoms with Crippen molar-refractivity contribution in [1.29, 1.82) is 0 Å². The number of benzene rings is 1. The van der Waals surface area contributed by atoms with E-state index in [0.717, 1.165) is 16.9 Å². The second kappa shape index (κ2) is 4.61. The Kier molecular flexibility index (Phi) is 2.90. The highest BCUT2D eigenvalue weighted by Gasteiger charge is 2.31. The minimum absolute atomic E-state index is 0.0497. The fraction of sp³-hybridized carbons (Fsp3) is 0.154. The van der Waals surface area contributed by atoms with E-state index in [-0.39, 0.29) is 11.6 Å². The van der Waals surface area contributed by atoms with Gasteiger partial charge in [0.05, 0.1) is 13.7 Å². The summed E-state index contributed by atoms with van der Waals surface area (Å²) >= 11 is 1.14. The number of methoxy groups -OCH3 is 1. The van der Waals surface area contributed by atoms with E-state index in [1.165, 1.54) is 10.3 Å². The number of aromatic nitrogens is 1. The van der Waals surface area contributed by atoms with E-state index in [9.17, 15) is 9.59 Å². The lowest BCUT2D eigenvalue weighted by molar-refractivity contribution is 0.0691. The zero-order valence-electron chi connectivity index (χ0n) is 10.5. The van der Waals surface area contributed by atoms with Gasteiger partial charge in [-0.3, -0.25) is 9.69 Å². The Hall–Kier alpha value is -2.41. The highest BCUT2D eigenvalue weighted by Crippen LogP contribution is 2.32. The maximum Gasteiger partial charge on any atom is 0.355 e. The number of carbonyl (C=O) groups is 2. The zero-order valence-corrected chi connectivity index (χ0v) is 11.3. The van der Waals surface area contributed by atoms with Gasteiger partial charge in [0, 0.05) is 10.9 Å². The summed E-state index contributed by atoms with van der Waals surface area (Å²) in [5, 5.41) is 10.7. The van der Waals surface area contributed by atoms with Crippen molar-refractivity contribution < 1.29 is 19.4 Å². The molecule has 0 atom stereocenters. The number of fused-ring (bicyclic) bond motifs is 1. The number of ether oxygens (including phenoxy) is 1. The molecule has 0 radical (unpaired) electrons. The molecule has 1 aromatic carbocycles. The topological polar surface area (TPSA) is 79.7 Å². The molecule has 0 saturated carbocycles. The maximum absolute atomic E-state index is 12.3. The summed E-state index contributed by atoms with van der Waals surface area (Å²) in [6.07, 6.45) is 0. The van der Waals surface area contributed by atoms with Crippen molar-refractivity contribution in [3.05, 3.63) is 40.4 Å². The first kappa shape index (κ1) is 12.6. The number of thiazole rings is 1. The van der Waals surface area contributed by atoms with Crippen molar-refractivity contribution in [2.75, 3.05) is 12.0 Å². The molecule has 20 heavy (non-hydrogen) atoms. The standard InChI is InChI=1S/C13H10N2O4S/c1-19-8-3-2-7-5-15(11(16)9(7)4-8)13-14-10(6-20-13)12(17)18/h2-4,6H,5H2,1H3,(H,17,18). The minimum Gasteiger partial charge on any atom is -0.497 e. The van der Waals surface area contributed by atoms with E-state index < -0.39 is 5.97 Å². The number of amides is 1.